The Balaban J connectivity index is 2.05. The average Bonchev–Trinajstić information content (AvgIpc) is 2.84. The van der Waals surface area contributed by atoms with Crippen molar-refractivity contribution < 1.29 is 0 Å². The van der Waals surface area contributed by atoms with Crippen LogP contribution in [0.25, 0.3) is 11.3 Å². The molecule has 18 heavy (non-hydrogen) atoms. The van der Waals surface area contributed by atoms with Gasteiger partial charge in [0, 0.05) is 11.0 Å². The molecule has 0 atom stereocenters. The van der Waals surface area contributed by atoms with Crippen molar-refractivity contribution >= 4 is 15.9 Å². The van der Waals surface area contributed by atoms with E-state index >= 15 is 0 Å². The van der Waals surface area contributed by atoms with Crippen LogP contribution in [0, 0.1) is 0 Å². The molecule has 0 amide bonds. The third-order valence-corrected chi connectivity index (χ3v) is 3.63. The van der Waals surface area contributed by atoms with Gasteiger partial charge in [0.1, 0.15) is 0 Å². The zero-order chi connectivity index (χ0) is 12.8. The second kappa shape index (κ2) is 6.74. The Morgan fingerprint density at radius 1 is 1.11 bits per heavy atom. The largest absolute Gasteiger partial charge is 0.331 e. The van der Waals surface area contributed by atoms with Crippen molar-refractivity contribution in [2.75, 3.05) is 0 Å². The summed E-state index contributed by atoms with van der Waals surface area (Å²) < 4.78 is 3.36. The predicted octanol–water partition coefficient (Wildman–Crippen LogP) is 4.89. The highest BCUT2D eigenvalue weighted by molar-refractivity contribution is 9.10. The molecule has 0 N–H and O–H groups in total. The van der Waals surface area contributed by atoms with Gasteiger partial charge in [-0.1, -0.05) is 54.2 Å². The summed E-state index contributed by atoms with van der Waals surface area (Å²) >= 11 is 3.46. The fraction of sp³-hybridized carbons (Fsp3) is 0.400. The summed E-state index contributed by atoms with van der Waals surface area (Å²) in [6.07, 6.45) is 9.01. The minimum atomic E-state index is 1.06. The van der Waals surface area contributed by atoms with E-state index in [1.165, 1.54) is 36.9 Å². The lowest BCUT2D eigenvalue weighted by Gasteiger charge is -2.08. The Hall–Kier alpha value is -1.09. The summed E-state index contributed by atoms with van der Waals surface area (Å²) in [5, 5.41) is 0. The molecule has 0 saturated heterocycles. The van der Waals surface area contributed by atoms with E-state index in [-0.39, 0.29) is 0 Å². The van der Waals surface area contributed by atoms with E-state index in [1.54, 1.807) is 0 Å². The Bertz CT molecular complexity index is 473. The molecule has 0 aliphatic carbocycles. The number of hydrogen-bond acceptors (Lipinski definition) is 1. The average molecular weight is 307 g/mol. The fourth-order valence-corrected chi connectivity index (χ4v) is 2.33. The number of aromatic nitrogens is 2. The van der Waals surface area contributed by atoms with Crippen molar-refractivity contribution in [1.29, 1.82) is 0 Å². The number of hydrogen-bond donors (Lipinski definition) is 0. The topological polar surface area (TPSA) is 17.8 Å². The van der Waals surface area contributed by atoms with Gasteiger partial charge in [0.15, 0.2) is 0 Å². The summed E-state index contributed by atoms with van der Waals surface area (Å²) in [6.45, 7) is 3.30. The van der Waals surface area contributed by atoms with Crippen molar-refractivity contribution in [3.8, 4) is 11.3 Å². The molecular formula is C15H19BrN2. The summed E-state index contributed by atoms with van der Waals surface area (Å²) in [5.41, 5.74) is 2.44. The summed E-state index contributed by atoms with van der Waals surface area (Å²) in [5.74, 6) is 0. The standard InChI is InChI=1S/C15H19BrN2/c1-2-3-4-5-10-18-12-17-11-15(18)13-6-8-14(16)9-7-13/h6-9,11-12H,2-5,10H2,1H3. The Labute approximate surface area is 117 Å². The normalized spacial score (nSPS) is 10.8. The number of nitrogens with zero attached hydrogens (tertiary/aromatic N) is 2. The first kappa shape index (κ1) is 13.3. The molecule has 0 fully saturated rings. The highest BCUT2D eigenvalue weighted by Crippen LogP contribution is 2.21. The van der Waals surface area contributed by atoms with Crippen molar-refractivity contribution in [3.05, 3.63) is 41.3 Å². The molecule has 0 aliphatic heterocycles. The minimum Gasteiger partial charge on any atom is -0.331 e. The van der Waals surface area contributed by atoms with Crippen molar-refractivity contribution in [3.63, 3.8) is 0 Å². The lowest BCUT2D eigenvalue weighted by atomic mass is 10.1. The maximum absolute atomic E-state index is 4.27. The van der Waals surface area contributed by atoms with Gasteiger partial charge in [0.05, 0.1) is 18.2 Å². The van der Waals surface area contributed by atoms with Gasteiger partial charge in [-0.25, -0.2) is 4.98 Å². The first-order valence-electron chi connectivity index (χ1n) is 6.57. The molecule has 0 bridgehead atoms. The maximum Gasteiger partial charge on any atom is 0.0950 e. The Morgan fingerprint density at radius 2 is 1.89 bits per heavy atom. The molecule has 1 aromatic heterocycles. The summed E-state index contributed by atoms with van der Waals surface area (Å²) in [7, 11) is 0. The molecule has 3 heteroatoms. The van der Waals surface area contributed by atoms with Crippen LogP contribution >= 0.6 is 15.9 Å². The fourth-order valence-electron chi connectivity index (χ4n) is 2.07. The molecule has 1 aromatic carbocycles. The molecular weight excluding hydrogens is 288 g/mol. The molecule has 0 unspecified atom stereocenters. The molecule has 0 radical (unpaired) electrons. The van der Waals surface area contributed by atoms with Crippen LogP contribution in [0.2, 0.25) is 0 Å². The molecule has 0 saturated carbocycles. The number of aryl methyl sites for hydroxylation is 1. The highest BCUT2D eigenvalue weighted by Gasteiger charge is 2.04. The second-order valence-corrected chi connectivity index (χ2v) is 5.46. The molecule has 96 valence electrons. The first-order valence-corrected chi connectivity index (χ1v) is 7.36. The minimum absolute atomic E-state index is 1.06. The third kappa shape index (κ3) is 3.45. The van der Waals surface area contributed by atoms with Crippen LogP contribution in [0.4, 0.5) is 0 Å². The Morgan fingerprint density at radius 3 is 2.61 bits per heavy atom. The molecule has 0 aliphatic rings. The zero-order valence-electron chi connectivity index (χ0n) is 10.8. The van der Waals surface area contributed by atoms with Gasteiger partial charge in [-0.2, -0.15) is 0 Å². The lowest BCUT2D eigenvalue weighted by molar-refractivity contribution is 0.585. The van der Waals surface area contributed by atoms with Crippen LogP contribution in [-0.2, 0) is 6.54 Å². The van der Waals surface area contributed by atoms with Crippen molar-refractivity contribution in [2.24, 2.45) is 0 Å². The SMILES string of the molecule is CCCCCCn1cncc1-c1ccc(Br)cc1. The molecule has 1 heterocycles. The van der Waals surface area contributed by atoms with Crippen molar-refractivity contribution in [2.45, 2.75) is 39.2 Å². The lowest BCUT2D eigenvalue weighted by Crippen LogP contribution is -1.98. The van der Waals surface area contributed by atoms with Gasteiger partial charge in [-0.15, -0.1) is 0 Å². The van der Waals surface area contributed by atoms with E-state index in [1.807, 2.05) is 12.5 Å². The maximum atomic E-state index is 4.27. The van der Waals surface area contributed by atoms with Crippen LogP contribution in [-0.4, -0.2) is 9.55 Å². The molecule has 2 nitrogen and oxygen atoms in total. The summed E-state index contributed by atoms with van der Waals surface area (Å²) in [6, 6.07) is 8.40. The number of imidazole rings is 1. The summed E-state index contributed by atoms with van der Waals surface area (Å²) in [4.78, 5) is 4.27. The van der Waals surface area contributed by atoms with E-state index in [0.29, 0.717) is 0 Å². The van der Waals surface area contributed by atoms with Gasteiger partial charge in [0.25, 0.3) is 0 Å². The second-order valence-electron chi connectivity index (χ2n) is 4.54. The molecule has 2 rings (SSSR count). The van der Waals surface area contributed by atoms with E-state index in [0.717, 1.165) is 11.0 Å². The van der Waals surface area contributed by atoms with Gasteiger partial charge < -0.3 is 4.57 Å². The van der Waals surface area contributed by atoms with E-state index < -0.39 is 0 Å². The van der Waals surface area contributed by atoms with Crippen LogP contribution in [0.1, 0.15) is 32.6 Å². The first-order chi connectivity index (χ1) is 8.81. The molecule has 0 spiro atoms. The number of rotatable bonds is 6. The van der Waals surface area contributed by atoms with Gasteiger partial charge in [-0.05, 0) is 24.1 Å². The zero-order valence-corrected chi connectivity index (χ0v) is 12.4. The van der Waals surface area contributed by atoms with Crippen LogP contribution in [0.3, 0.4) is 0 Å². The smallest absolute Gasteiger partial charge is 0.0950 e. The van der Waals surface area contributed by atoms with Gasteiger partial charge in [-0.3, -0.25) is 0 Å². The van der Waals surface area contributed by atoms with Gasteiger partial charge in [0.2, 0.25) is 0 Å². The van der Waals surface area contributed by atoms with Crippen LogP contribution < -0.4 is 0 Å². The van der Waals surface area contributed by atoms with Gasteiger partial charge >= 0.3 is 0 Å². The number of benzene rings is 1. The van der Waals surface area contributed by atoms with E-state index in [2.05, 4.69) is 56.7 Å². The van der Waals surface area contributed by atoms with Crippen LogP contribution in [0.5, 0.6) is 0 Å². The molecule has 2 aromatic rings. The van der Waals surface area contributed by atoms with E-state index in [9.17, 15) is 0 Å². The third-order valence-electron chi connectivity index (χ3n) is 3.10. The highest BCUT2D eigenvalue weighted by atomic mass is 79.9. The van der Waals surface area contributed by atoms with Crippen molar-refractivity contribution in [1.82, 2.24) is 9.55 Å². The quantitative estimate of drug-likeness (QED) is 0.695. The monoisotopic (exact) mass is 306 g/mol. The number of unbranched alkanes of at least 4 members (excludes halogenated alkanes) is 3. The van der Waals surface area contributed by atoms with E-state index in [4.69, 9.17) is 0 Å². The number of halogens is 1. The van der Waals surface area contributed by atoms with Crippen LogP contribution in [0.15, 0.2) is 41.3 Å². The predicted molar refractivity (Wildman–Crippen MR) is 79.5 cm³/mol. The Kier molecular flexibility index (Phi) is 5.00.